The number of hydrogen-bond acceptors (Lipinski definition) is 6. The zero-order valence-corrected chi connectivity index (χ0v) is 19.8. The summed E-state index contributed by atoms with van der Waals surface area (Å²) >= 11 is 5.14. The molecule has 0 spiro atoms. The molecule has 1 saturated heterocycles. The largest absolute Gasteiger partial charge is 0.468 e. The van der Waals surface area contributed by atoms with Crippen molar-refractivity contribution < 1.29 is 13.7 Å². The van der Waals surface area contributed by atoms with E-state index in [1.807, 2.05) is 0 Å². The van der Waals surface area contributed by atoms with Crippen molar-refractivity contribution in [3.05, 3.63) is 88.9 Å². The Kier molecular flexibility index (Phi) is 4.93. The summed E-state index contributed by atoms with van der Waals surface area (Å²) in [6, 6.07) is 25.2. The summed E-state index contributed by atoms with van der Waals surface area (Å²) < 4.78 is 23.2. The first-order valence-corrected chi connectivity index (χ1v) is 13.3. The third-order valence-corrected chi connectivity index (χ3v) is 8.98. The van der Waals surface area contributed by atoms with Crippen LogP contribution in [-0.4, -0.2) is 21.4 Å². The molecule has 156 valence electrons. The fraction of sp³-hybridized carbons (Fsp3) is 0. The maximum absolute atomic E-state index is 6.50. The maximum Gasteiger partial charge on any atom is 0.468 e. The van der Waals surface area contributed by atoms with E-state index in [1.54, 1.807) is 34.0 Å². The maximum atomic E-state index is 6.50. The molecule has 6 aromatic rings. The second-order valence-corrected chi connectivity index (χ2v) is 10.7. The third kappa shape index (κ3) is 3.39. The van der Waals surface area contributed by atoms with Crippen LogP contribution in [0.3, 0.4) is 0 Å². The van der Waals surface area contributed by atoms with E-state index < -0.39 is 21.4 Å². The van der Waals surface area contributed by atoms with Gasteiger partial charge in [-0.15, -0.1) is 34.0 Å². The average Bonchev–Trinajstić information content (AvgIpc) is 3.60. The van der Waals surface area contributed by atoms with E-state index in [1.165, 1.54) is 14.1 Å². The van der Waals surface area contributed by atoms with Crippen LogP contribution in [-0.2, 0) is 13.7 Å². The summed E-state index contributed by atoms with van der Waals surface area (Å²) in [4.78, 5) is 0. The van der Waals surface area contributed by atoms with Crippen molar-refractivity contribution in [2.75, 3.05) is 0 Å². The molecular weight excluding hydrogens is 465 g/mol. The molecule has 0 atom stereocenters. The molecule has 0 aliphatic carbocycles. The van der Waals surface area contributed by atoms with Gasteiger partial charge in [-0.25, -0.2) is 0 Å². The van der Waals surface area contributed by atoms with Crippen LogP contribution in [0, 0.1) is 0 Å². The molecule has 0 amide bonds. The van der Waals surface area contributed by atoms with Crippen molar-refractivity contribution >= 4 is 102 Å². The molecule has 33 heavy (non-hydrogen) atoms. The summed E-state index contributed by atoms with van der Waals surface area (Å²) in [7, 11) is -1.58. The number of rotatable bonds is 3. The van der Waals surface area contributed by atoms with Gasteiger partial charge < -0.3 is 13.7 Å². The van der Waals surface area contributed by atoms with E-state index in [0.717, 1.165) is 32.5 Å². The van der Waals surface area contributed by atoms with Crippen molar-refractivity contribution in [1.29, 1.82) is 0 Å². The molecular formula is C24H15B3O3S3. The van der Waals surface area contributed by atoms with Gasteiger partial charge in [0.15, 0.2) is 0 Å². The number of fused-ring (bicyclic) bond motifs is 3. The minimum Gasteiger partial charge on any atom is -0.445 e. The molecule has 1 aliphatic rings. The molecule has 4 heterocycles. The molecule has 7 rings (SSSR count). The first kappa shape index (κ1) is 20.0. The molecule has 0 N–H and O–H groups in total. The predicted molar refractivity (Wildman–Crippen MR) is 145 cm³/mol. The second kappa shape index (κ2) is 8.13. The van der Waals surface area contributed by atoms with Gasteiger partial charge in [0, 0.05) is 14.1 Å². The van der Waals surface area contributed by atoms with Crippen LogP contribution < -0.4 is 16.4 Å². The van der Waals surface area contributed by atoms with Gasteiger partial charge in [0.1, 0.15) is 0 Å². The van der Waals surface area contributed by atoms with Crippen molar-refractivity contribution in [1.82, 2.24) is 0 Å². The van der Waals surface area contributed by atoms with Crippen LogP contribution in [0.15, 0.2) is 88.9 Å². The van der Waals surface area contributed by atoms with E-state index in [9.17, 15) is 0 Å². The van der Waals surface area contributed by atoms with Gasteiger partial charge in [-0.1, -0.05) is 54.6 Å². The summed E-state index contributed by atoms with van der Waals surface area (Å²) in [5.74, 6) is 0. The van der Waals surface area contributed by atoms with Gasteiger partial charge in [-0.2, -0.15) is 0 Å². The summed E-state index contributed by atoms with van der Waals surface area (Å²) in [5.41, 5.74) is 3.15. The van der Waals surface area contributed by atoms with Crippen molar-refractivity contribution in [3.8, 4) is 0 Å². The molecule has 9 heteroatoms. The van der Waals surface area contributed by atoms with Gasteiger partial charge in [0.25, 0.3) is 0 Å². The molecule has 3 nitrogen and oxygen atoms in total. The van der Waals surface area contributed by atoms with Gasteiger partial charge in [-0.05, 0) is 66.9 Å². The second-order valence-electron chi connectivity index (χ2n) is 7.97. The fourth-order valence-electron chi connectivity index (χ4n) is 4.42. The molecule has 0 bridgehead atoms. The normalized spacial score (nSPS) is 14.7. The lowest BCUT2D eigenvalue weighted by Crippen LogP contribution is -2.61. The standard InChI is InChI=1S/C24H15B3O3S3/c1-4-10-22-16(7-1)19(13-31-22)25-28-26(20-14-32-23-11-5-2-8-17(20)23)30-27(29-25)21-15-33-24-12-6-3-9-18(21)24/h1-15H. The Morgan fingerprint density at radius 1 is 0.424 bits per heavy atom. The summed E-state index contributed by atoms with van der Waals surface area (Å²) in [6.45, 7) is 0. The van der Waals surface area contributed by atoms with Crippen LogP contribution in [0.25, 0.3) is 30.3 Å². The van der Waals surface area contributed by atoms with Crippen molar-refractivity contribution in [2.24, 2.45) is 0 Å². The molecule has 1 aliphatic heterocycles. The fourth-order valence-corrected chi connectivity index (χ4v) is 7.30. The number of hydrogen-bond donors (Lipinski definition) is 0. The molecule has 0 radical (unpaired) electrons. The smallest absolute Gasteiger partial charge is 0.445 e. The third-order valence-electron chi connectivity index (χ3n) is 6.04. The molecule has 0 unspecified atom stereocenters. The highest BCUT2D eigenvalue weighted by atomic mass is 32.1. The summed E-state index contributed by atoms with van der Waals surface area (Å²) in [6.07, 6.45) is 0. The van der Waals surface area contributed by atoms with E-state index in [0.29, 0.717) is 0 Å². The SMILES string of the molecule is c1ccc2c(B3OB(c4csc5ccccc45)OB(c4csc5ccccc45)O3)csc2c1. The predicted octanol–water partition coefficient (Wildman–Crippen LogP) is 4.88. The van der Waals surface area contributed by atoms with Crippen LogP contribution in [0.2, 0.25) is 0 Å². The summed E-state index contributed by atoms with van der Waals surface area (Å²) in [5, 5.41) is 9.93. The van der Waals surface area contributed by atoms with Gasteiger partial charge in [0.05, 0.1) is 0 Å². The Labute approximate surface area is 204 Å². The van der Waals surface area contributed by atoms with E-state index in [2.05, 4.69) is 88.9 Å². The van der Waals surface area contributed by atoms with Crippen LogP contribution in [0.4, 0.5) is 0 Å². The zero-order chi connectivity index (χ0) is 21.8. The highest BCUT2D eigenvalue weighted by Gasteiger charge is 2.45. The lowest BCUT2D eigenvalue weighted by atomic mass is 9.61. The average molecular weight is 480 g/mol. The Morgan fingerprint density at radius 2 is 0.727 bits per heavy atom. The van der Waals surface area contributed by atoms with E-state index >= 15 is 0 Å². The monoisotopic (exact) mass is 480 g/mol. The Balaban J connectivity index is 1.35. The topological polar surface area (TPSA) is 27.7 Å². The van der Waals surface area contributed by atoms with Gasteiger partial charge >= 0.3 is 21.4 Å². The van der Waals surface area contributed by atoms with Crippen LogP contribution in [0.1, 0.15) is 0 Å². The Morgan fingerprint density at radius 3 is 1.06 bits per heavy atom. The minimum absolute atomic E-state index is 0.526. The van der Waals surface area contributed by atoms with Crippen LogP contribution >= 0.6 is 34.0 Å². The van der Waals surface area contributed by atoms with Crippen LogP contribution in [0.5, 0.6) is 0 Å². The highest BCUT2D eigenvalue weighted by molar-refractivity contribution is 7.20. The first-order valence-electron chi connectivity index (χ1n) is 10.7. The van der Waals surface area contributed by atoms with Gasteiger partial charge in [0.2, 0.25) is 0 Å². The quantitative estimate of drug-likeness (QED) is 0.339. The molecule has 3 aromatic heterocycles. The number of benzene rings is 3. The minimum atomic E-state index is -0.526. The highest BCUT2D eigenvalue weighted by Crippen LogP contribution is 2.26. The van der Waals surface area contributed by atoms with Crippen molar-refractivity contribution in [2.45, 2.75) is 0 Å². The lowest BCUT2D eigenvalue weighted by Gasteiger charge is -2.31. The Bertz CT molecular complexity index is 1410. The number of thiophene rings is 3. The molecule has 0 saturated carbocycles. The molecule has 1 fully saturated rings. The lowest BCUT2D eigenvalue weighted by molar-refractivity contribution is 0.309. The van der Waals surface area contributed by atoms with Gasteiger partial charge in [-0.3, -0.25) is 0 Å². The van der Waals surface area contributed by atoms with E-state index in [4.69, 9.17) is 13.7 Å². The van der Waals surface area contributed by atoms with E-state index in [-0.39, 0.29) is 0 Å². The molecule has 3 aromatic carbocycles. The first-order chi connectivity index (χ1) is 16.3. The van der Waals surface area contributed by atoms with Crippen molar-refractivity contribution in [3.63, 3.8) is 0 Å². The Hall–Kier alpha value is -2.39. The zero-order valence-electron chi connectivity index (χ0n) is 17.3.